The van der Waals surface area contributed by atoms with Gasteiger partial charge in [-0.05, 0) is 107 Å². The van der Waals surface area contributed by atoms with Crippen LogP contribution in [0.5, 0.6) is 0 Å². The van der Waals surface area contributed by atoms with Crippen LogP contribution in [0.15, 0.2) is 11.6 Å². The molecule has 0 aromatic rings. The SMILES string of the molecule is CC(=O)OC1CC(OC2C(O)CC(OC3C(C)OC(OC4CCC5(C)C(CCC6C5CC(O)C5(C)C(C7=CC(=O)OC7)CCC65O)C4)CC3OC(C)=O)OC2C)OC(C)C1O. The molecule has 0 aromatic carbocycles. The van der Waals surface area contributed by atoms with E-state index in [0.29, 0.717) is 18.8 Å². The Morgan fingerprint density at radius 3 is 2.02 bits per heavy atom. The van der Waals surface area contributed by atoms with Crippen LogP contribution in [0, 0.1) is 34.5 Å². The second-order valence-corrected chi connectivity index (χ2v) is 20.0. The van der Waals surface area contributed by atoms with Gasteiger partial charge in [0.05, 0.1) is 42.2 Å². The Morgan fingerprint density at radius 1 is 0.721 bits per heavy atom. The summed E-state index contributed by atoms with van der Waals surface area (Å²) in [5.41, 5.74) is -0.988. The average molecular weight is 865 g/mol. The molecule has 8 aliphatic rings. The molecule has 0 amide bonds. The molecule has 4 aliphatic heterocycles. The number of hydrogen-bond donors (Lipinski definition) is 4. The van der Waals surface area contributed by atoms with Crippen LogP contribution in [-0.4, -0.2) is 137 Å². The van der Waals surface area contributed by atoms with E-state index in [4.69, 9.17) is 42.6 Å². The molecule has 61 heavy (non-hydrogen) atoms. The van der Waals surface area contributed by atoms with E-state index >= 15 is 0 Å². The smallest absolute Gasteiger partial charge is 0.331 e. The Labute approximate surface area is 358 Å². The highest BCUT2D eigenvalue weighted by atomic mass is 16.7. The van der Waals surface area contributed by atoms with Crippen LogP contribution in [0.4, 0.5) is 0 Å². The van der Waals surface area contributed by atoms with Gasteiger partial charge < -0.3 is 63.1 Å². The highest BCUT2D eigenvalue weighted by Crippen LogP contribution is 2.70. The highest BCUT2D eigenvalue weighted by Gasteiger charge is 2.71. The second kappa shape index (κ2) is 17.3. The van der Waals surface area contributed by atoms with Crippen molar-refractivity contribution in [1.82, 2.24) is 0 Å². The Bertz CT molecular complexity index is 1660. The number of cyclic esters (lactones) is 1. The lowest BCUT2D eigenvalue weighted by Gasteiger charge is -2.65. The molecule has 16 nitrogen and oxygen atoms in total. The number of carbonyl (C=O) groups excluding carboxylic acids is 3. The molecule has 4 heterocycles. The third kappa shape index (κ3) is 8.33. The van der Waals surface area contributed by atoms with E-state index in [1.807, 2.05) is 13.8 Å². The van der Waals surface area contributed by atoms with E-state index in [1.165, 1.54) is 13.8 Å². The Balaban J connectivity index is 0.866. The van der Waals surface area contributed by atoms with E-state index in [1.54, 1.807) is 19.9 Å². The first-order valence-electron chi connectivity index (χ1n) is 22.7. The lowest BCUT2D eigenvalue weighted by molar-refractivity contribution is -0.336. The fraction of sp³-hybridized carbons (Fsp3) is 0.889. The van der Waals surface area contributed by atoms with Crippen molar-refractivity contribution >= 4 is 17.9 Å². The minimum atomic E-state index is -1.04. The number of ether oxygens (including phenoxy) is 9. The summed E-state index contributed by atoms with van der Waals surface area (Å²) in [7, 11) is 0. The molecule has 3 saturated heterocycles. The zero-order valence-corrected chi connectivity index (χ0v) is 36.6. The molecule has 21 unspecified atom stereocenters. The number of aliphatic hydroxyl groups is 4. The third-order valence-electron chi connectivity index (χ3n) is 16.5. The lowest BCUT2D eigenvalue weighted by Crippen LogP contribution is -2.67. The van der Waals surface area contributed by atoms with Crippen LogP contribution in [-0.2, 0) is 57.0 Å². The molecule has 344 valence electrons. The van der Waals surface area contributed by atoms with Crippen LogP contribution in [0.2, 0.25) is 0 Å². The molecule has 4 N–H and O–H groups in total. The number of fused-ring (bicyclic) bond motifs is 5. The van der Waals surface area contributed by atoms with Crippen molar-refractivity contribution in [1.29, 1.82) is 0 Å². The van der Waals surface area contributed by atoms with Crippen LogP contribution in [0.25, 0.3) is 0 Å². The second-order valence-electron chi connectivity index (χ2n) is 20.0. The molecule has 4 aliphatic carbocycles. The average Bonchev–Trinajstić information content (AvgIpc) is 3.73. The number of aliphatic hydroxyl groups excluding tert-OH is 3. The minimum absolute atomic E-state index is 0.0500. The van der Waals surface area contributed by atoms with Gasteiger partial charge in [-0.25, -0.2) is 4.79 Å². The van der Waals surface area contributed by atoms with Crippen molar-refractivity contribution in [2.45, 2.75) is 211 Å². The molecular weight excluding hydrogens is 796 g/mol. The first kappa shape index (κ1) is 45.3. The monoisotopic (exact) mass is 864 g/mol. The van der Waals surface area contributed by atoms with Gasteiger partial charge in [0.25, 0.3) is 0 Å². The number of hydrogen-bond acceptors (Lipinski definition) is 16. The lowest BCUT2D eigenvalue weighted by atomic mass is 9.42. The normalized spacial score (nSPS) is 51.0. The molecule has 16 heteroatoms. The zero-order valence-electron chi connectivity index (χ0n) is 36.6. The van der Waals surface area contributed by atoms with Crippen LogP contribution in [0.1, 0.15) is 119 Å². The van der Waals surface area contributed by atoms with Gasteiger partial charge >= 0.3 is 17.9 Å². The first-order chi connectivity index (χ1) is 28.8. The molecule has 0 spiro atoms. The summed E-state index contributed by atoms with van der Waals surface area (Å²) < 4.78 is 54.0. The van der Waals surface area contributed by atoms with Gasteiger partial charge in [0.2, 0.25) is 0 Å². The number of esters is 3. The first-order valence-corrected chi connectivity index (χ1v) is 22.7. The van der Waals surface area contributed by atoms with Crippen LogP contribution >= 0.6 is 0 Å². The van der Waals surface area contributed by atoms with Crippen molar-refractivity contribution in [2.24, 2.45) is 34.5 Å². The summed E-state index contributed by atoms with van der Waals surface area (Å²) >= 11 is 0. The Hall–Kier alpha value is -2.25. The maximum absolute atomic E-state index is 12.6. The summed E-state index contributed by atoms with van der Waals surface area (Å²) in [5.74, 6) is -0.912. The molecular formula is C45H68O16. The molecule has 0 bridgehead atoms. The van der Waals surface area contributed by atoms with Gasteiger partial charge in [-0.15, -0.1) is 0 Å². The Kier molecular flexibility index (Phi) is 12.8. The zero-order chi connectivity index (χ0) is 43.8. The van der Waals surface area contributed by atoms with Crippen LogP contribution in [0.3, 0.4) is 0 Å². The van der Waals surface area contributed by atoms with E-state index in [9.17, 15) is 34.8 Å². The summed E-state index contributed by atoms with van der Waals surface area (Å²) in [6.07, 6.45) is -1.96. The maximum atomic E-state index is 12.6. The van der Waals surface area contributed by atoms with Crippen molar-refractivity contribution in [2.75, 3.05) is 6.61 Å². The minimum Gasteiger partial charge on any atom is -0.459 e. The summed E-state index contributed by atoms with van der Waals surface area (Å²) in [4.78, 5) is 36.0. The third-order valence-corrected chi connectivity index (χ3v) is 16.5. The predicted molar refractivity (Wildman–Crippen MR) is 212 cm³/mol. The Morgan fingerprint density at radius 2 is 1.34 bits per heavy atom. The number of carbonyl (C=O) groups is 3. The maximum Gasteiger partial charge on any atom is 0.331 e. The van der Waals surface area contributed by atoms with E-state index in [2.05, 4.69) is 6.92 Å². The summed E-state index contributed by atoms with van der Waals surface area (Å²) in [6.45, 7) is 12.5. The quantitative estimate of drug-likeness (QED) is 0.149. The molecule has 0 radical (unpaired) electrons. The van der Waals surface area contributed by atoms with Gasteiger partial charge in [-0.2, -0.15) is 0 Å². The van der Waals surface area contributed by atoms with Crippen molar-refractivity contribution in [3.05, 3.63) is 11.6 Å². The summed E-state index contributed by atoms with van der Waals surface area (Å²) in [5, 5.41) is 46.3. The van der Waals surface area contributed by atoms with Crippen molar-refractivity contribution in [3.63, 3.8) is 0 Å². The standard InChI is InChI=1S/C45H68O16/c1-21-40(51)33(57-24(4)46)18-39(54-21)60-41-22(2)55-37(17-32(41)48)61-42-23(3)56-38(19-34(42)58-25(5)47)59-28-10-12-43(6)27(15-28)8-9-30-31(43)16-35(49)44(7)29(11-13-45(30,44)52)26-14-36(50)53-20-26/h14,21-23,27-35,37-42,48-49,51-52H,8-13,15-20H2,1-7H3. The predicted octanol–water partition coefficient (Wildman–Crippen LogP) is 3.36. The van der Waals surface area contributed by atoms with Crippen molar-refractivity contribution < 1.29 is 77.4 Å². The molecule has 7 fully saturated rings. The summed E-state index contributed by atoms with van der Waals surface area (Å²) in [6, 6.07) is 0. The van der Waals surface area contributed by atoms with E-state index in [0.717, 1.165) is 44.1 Å². The largest absolute Gasteiger partial charge is 0.459 e. The van der Waals surface area contributed by atoms with Crippen molar-refractivity contribution in [3.8, 4) is 0 Å². The van der Waals surface area contributed by atoms with Gasteiger partial charge in [0.15, 0.2) is 18.9 Å². The van der Waals surface area contributed by atoms with Gasteiger partial charge in [-0.3, -0.25) is 9.59 Å². The molecule has 0 aromatic heterocycles. The van der Waals surface area contributed by atoms with E-state index < -0.39 is 103 Å². The van der Waals surface area contributed by atoms with Crippen LogP contribution < -0.4 is 0 Å². The van der Waals surface area contributed by atoms with Gasteiger partial charge in [-0.1, -0.05) is 13.8 Å². The number of rotatable bonds is 9. The fourth-order valence-corrected chi connectivity index (χ4v) is 13.4. The van der Waals surface area contributed by atoms with Gasteiger partial charge in [0.1, 0.15) is 37.1 Å². The molecule has 21 atom stereocenters. The molecule has 8 rings (SSSR count). The topological polar surface area (TPSA) is 215 Å². The van der Waals surface area contributed by atoms with Gasteiger partial charge in [0, 0.05) is 44.6 Å². The highest BCUT2D eigenvalue weighted by molar-refractivity contribution is 5.85. The van der Waals surface area contributed by atoms with E-state index in [-0.39, 0.29) is 61.1 Å². The molecule has 4 saturated carbocycles. The fourth-order valence-electron chi connectivity index (χ4n) is 13.4.